The minimum absolute atomic E-state index is 0.217. The molecule has 0 radical (unpaired) electrons. The van der Waals surface area contributed by atoms with Crippen molar-refractivity contribution in [3.05, 3.63) is 42.0 Å². The van der Waals surface area contributed by atoms with Crippen molar-refractivity contribution in [2.45, 2.75) is 31.2 Å². The predicted octanol–water partition coefficient (Wildman–Crippen LogP) is 2.01. The average Bonchev–Trinajstić information content (AvgIpc) is 2.86. The van der Waals surface area contributed by atoms with Gasteiger partial charge in [0, 0.05) is 0 Å². The van der Waals surface area contributed by atoms with Crippen LogP contribution in [0.3, 0.4) is 0 Å². The van der Waals surface area contributed by atoms with Crippen LogP contribution in [-0.2, 0) is 14.3 Å². The molecule has 1 saturated carbocycles. The van der Waals surface area contributed by atoms with Crippen LogP contribution >= 0.6 is 0 Å². The number of hydrogen-bond donors (Lipinski definition) is 2. The Morgan fingerprint density at radius 3 is 2.54 bits per heavy atom. The van der Waals surface area contributed by atoms with Crippen molar-refractivity contribution >= 4 is 24.0 Å². The van der Waals surface area contributed by atoms with Gasteiger partial charge in [0.15, 0.2) is 0 Å². The van der Waals surface area contributed by atoms with Crippen molar-refractivity contribution in [2.75, 3.05) is 6.61 Å². The summed E-state index contributed by atoms with van der Waals surface area (Å²) >= 11 is 0. The van der Waals surface area contributed by atoms with E-state index in [9.17, 15) is 14.4 Å². The molecule has 2 fully saturated rings. The maximum atomic E-state index is 12.1. The van der Waals surface area contributed by atoms with Gasteiger partial charge in [0.2, 0.25) is 0 Å². The number of nitrogens with one attached hydrogen (secondary N) is 2. The first kappa shape index (κ1) is 16.2. The normalized spacial score (nSPS) is 26.4. The first-order valence-electron chi connectivity index (χ1n) is 8.11. The SMILES string of the molecule is O=C1NC(=O)C2(CCC(C(=O)OC/C=C/c3ccccc3)CC2)N1. The number of esters is 1. The fourth-order valence-corrected chi connectivity index (χ4v) is 3.22. The minimum Gasteiger partial charge on any atom is -0.461 e. The lowest BCUT2D eigenvalue weighted by Crippen LogP contribution is -2.50. The summed E-state index contributed by atoms with van der Waals surface area (Å²) in [7, 11) is 0. The first-order chi connectivity index (χ1) is 11.6. The number of benzene rings is 1. The van der Waals surface area contributed by atoms with Gasteiger partial charge in [0.05, 0.1) is 5.92 Å². The zero-order valence-corrected chi connectivity index (χ0v) is 13.3. The molecule has 0 unspecified atom stereocenters. The third-order valence-corrected chi connectivity index (χ3v) is 4.62. The molecule has 6 nitrogen and oxygen atoms in total. The van der Waals surface area contributed by atoms with Crippen LogP contribution in [0.15, 0.2) is 36.4 Å². The lowest BCUT2D eigenvalue weighted by molar-refractivity contribution is -0.149. The molecule has 1 aliphatic heterocycles. The molecule has 24 heavy (non-hydrogen) atoms. The molecule has 0 bridgehead atoms. The van der Waals surface area contributed by atoms with Gasteiger partial charge >= 0.3 is 12.0 Å². The van der Waals surface area contributed by atoms with Crippen LogP contribution in [0, 0.1) is 5.92 Å². The van der Waals surface area contributed by atoms with Crippen LogP contribution < -0.4 is 10.6 Å². The molecule has 3 rings (SSSR count). The molecule has 6 heteroatoms. The van der Waals surface area contributed by atoms with Crippen molar-refractivity contribution in [2.24, 2.45) is 5.92 Å². The second kappa shape index (κ2) is 6.86. The second-order valence-corrected chi connectivity index (χ2v) is 6.21. The monoisotopic (exact) mass is 328 g/mol. The van der Waals surface area contributed by atoms with E-state index in [0.29, 0.717) is 25.7 Å². The van der Waals surface area contributed by atoms with Gasteiger partial charge in [0.25, 0.3) is 5.91 Å². The molecular weight excluding hydrogens is 308 g/mol. The summed E-state index contributed by atoms with van der Waals surface area (Å²) in [6, 6.07) is 9.33. The number of urea groups is 1. The highest BCUT2D eigenvalue weighted by Gasteiger charge is 2.49. The molecule has 1 heterocycles. The predicted molar refractivity (Wildman–Crippen MR) is 87.8 cm³/mol. The summed E-state index contributed by atoms with van der Waals surface area (Å²) in [4.78, 5) is 35.3. The summed E-state index contributed by atoms with van der Waals surface area (Å²) in [6.45, 7) is 0.229. The molecule has 0 aromatic heterocycles. The first-order valence-corrected chi connectivity index (χ1v) is 8.11. The van der Waals surface area contributed by atoms with E-state index in [1.807, 2.05) is 42.5 Å². The van der Waals surface area contributed by atoms with Gasteiger partial charge in [-0.25, -0.2) is 4.79 Å². The Balaban J connectivity index is 1.45. The number of carbonyl (C=O) groups excluding carboxylic acids is 3. The smallest absolute Gasteiger partial charge is 0.322 e. The molecule has 1 aromatic rings. The zero-order chi connectivity index (χ0) is 17.0. The molecule has 1 aliphatic carbocycles. The summed E-state index contributed by atoms with van der Waals surface area (Å²) in [5, 5.41) is 4.95. The van der Waals surface area contributed by atoms with Crippen LogP contribution in [0.4, 0.5) is 4.79 Å². The van der Waals surface area contributed by atoms with Crippen molar-refractivity contribution < 1.29 is 19.1 Å². The van der Waals surface area contributed by atoms with Crippen molar-refractivity contribution in [3.8, 4) is 0 Å². The highest BCUT2D eigenvalue weighted by Crippen LogP contribution is 2.34. The lowest BCUT2D eigenvalue weighted by atomic mass is 9.76. The number of rotatable bonds is 4. The van der Waals surface area contributed by atoms with Gasteiger partial charge in [-0.15, -0.1) is 0 Å². The van der Waals surface area contributed by atoms with E-state index in [0.717, 1.165) is 5.56 Å². The van der Waals surface area contributed by atoms with Gasteiger partial charge in [-0.2, -0.15) is 0 Å². The lowest BCUT2D eigenvalue weighted by Gasteiger charge is -2.33. The van der Waals surface area contributed by atoms with Gasteiger partial charge in [0.1, 0.15) is 12.1 Å². The number of amides is 3. The molecule has 1 spiro atoms. The van der Waals surface area contributed by atoms with E-state index in [2.05, 4.69) is 10.6 Å². The molecule has 0 atom stereocenters. The average molecular weight is 328 g/mol. The molecule has 3 amide bonds. The van der Waals surface area contributed by atoms with Crippen molar-refractivity contribution in [3.63, 3.8) is 0 Å². The largest absolute Gasteiger partial charge is 0.461 e. The van der Waals surface area contributed by atoms with Crippen LogP contribution in [0.25, 0.3) is 6.08 Å². The van der Waals surface area contributed by atoms with Gasteiger partial charge in [-0.3, -0.25) is 14.9 Å². The summed E-state index contributed by atoms with van der Waals surface area (Å²) in [6.07, 6.45) is 5.71. The van der Waals surface area contributed by atoms with Crippen LogP contribution in [0.5, 0.6) is 0 Å². The van der Waals surface area contributed by atoms with Crippen LogP contribution in [-0.4, -0.2) is 30.1 Å². The molecule has 126 valence electrons. The van der Waals surface area contributed by atoms with Gasteiger partial charge in [-0.05, 0) is 37.3 Å². The number of ether oxygens (including phenoxy) is 1. The third kappa shape index (κ3) is 3.48. The molecular formula is C18H20N2O4. The summed E-state index contributed by atoms with van der Waals surface area (Å²) in [5.74, 6) is -0.747. The van der Waals surface area contributed by atoms with Crippen LogP contribution in [0.1, 0.15) is 31.2 Å². The van der Waals surface area contributed by atoms with E-state index in [-0.39, 0.29) is 24.4 Å². The fourth-order valence-electron chi connectivity index (χ4n) is 3.22. The maximum absolute atomic E-state index is 12.1. The van der Waals surface area contributed by atoms with E-state index in [4.69, 9.17) is 4.74 Å². The Bertz CT molecular complexity index is 661. The quantitative estimate of drug-likeness (QED) is 0.654. The van der Waals surface area contributed by atoms with E-state index < -0.39 is 11.6 Å². The van der Waals surface area contributed by atoms with E-state index in [1.165, 1.54) is 0 Å². The second-order valence-electron chi connectivity index (χ2n) is 6.21. The van der Waals surface area contributed by atoms with Gasteiger partial charge < -0.3 is 10.1 Å². The number of carbonyl (C=O) groups is 3. The maximum Gasteiger partial charge on any atom is 0.322 e. The fraction of sp³-hybridized carbons (Fsp3) is 0.389. The molecule has 2 N–H and O–H groups in total. The van der Waals surface area contributed by atoms with E-state index in [1.54, 1.807) is 0 Å². The van der Waals surface area contributed by atoms with E-state index >= 15 is 0 Å². The van der Waals surface area contributed by atoms with Crippen LogP contribution in [0.2, 0.25) is 0 Å². The molecule has 2 aliphatic rings. The Hall–Kier alpha value is -2.63. The summed E-state index contributed by atoms with van der Waals surface area (Å²) in [5.41, 5.74) is 0.220. The molecule has 1 aromatic carbocycles. The Labute approximate surface area is 140 Å². The zero-order valence-electron chi connectivity index (χ0n) is 13.3. The standard InChI is InChI=1S/C18H20N2O4/c21-15(24-12-4-7-13-5-2-1-3-6-13)14-8-10-18(11-9-14)16(22)19-17(23)20-18/h1-7,14H,8-12H2,(H2,19,20,22,23)/b7-4+. The highest BCUT2D eigenvalue weighted by atomic mass is 16.5. The molecule has 1 saturated heterocycles. The Morgan fingerprint density at radius 1 is 1.21 bits per heavy atom. The highest BCUT2D eigenvalue weighted by molar-refractivity contribution is 6.07. The summed E-state index contributed by atoms with van der Waals surface area (Å²) < 4.78 is 5.29. The number of imide groups is 1. The van der Waals surface area contributed by atoms with Gasteiger partial charge in [-0.1, -0.05) is 36.4 Å². The Morgan fingerprint density at radius 2 is 1.92 bits per heavy atom. The van der Waals surface area contributed by atoms with Crippen molar-refractivity contribution in [1.29, 1.82) is 0 Å². The minimum atomic E-state index is -0.832. The number of hydrogen-bond acceptors (Lipinski definition) is 4. The topological polar surface area (TPSA) is 84.5 Å². The van der Waals surface area contributed by atoms with Crippen molar-refractivity contribution in [1.82, 2.24) is 10.6 Å². The Kier molecular flexibility index (Phi) is 4.64. The third-order valence-electron chi connectivity index (χ3n) is 4.62.